The lowest BCUT2D eigenvalue weighted by atomic mass is 10.1. The summed E-state index contributed by atoms with van der Waals surface area (Å²) in [7, 11) is 3.74. The van der Waals surface area contributed by atoms with Crippen LogP contribution in [0.3, 0.4) is 0 Å². The van der Waals surface area contributed by atoms with E-state index in [0.717, 1.165) is 43.0 Å². The van der Waals surface area contributed by atoms with E-state index in [2.05, 4.69) is 34.3 Å². The first kappa shape index (κ1) is 20.0. The minimum Gasteiger partial charge on any atom is -0.493 e. The van der Waals surface area contributed by atoms with Gasteiger partial charge in [0.1, 0.15) is 0 Å². The third-order valence-electron chi connectivity index (χ3n) is 5.03. The van der Waals surface area contributed by atoms with Gasteiger partial charge >= 0.3 is 0 Å². The standard InChI is InChI=1S/C22H29N3O3/c1-16-5-8-20(21(13-16)27-4)28-15-22(26)23-19-7-6-18(14-17(19)2)25-11-9-24(3)10-12-25/h5-8,13-14H,9-12,15H2,1-4H3,(H,23,26). The molecule has 1 N–H and O–H groups in total. The van der Waals surface area contributed by atoms with Crippen molar-refractivity contribution in [2.75, 3.05) is 57.2 Å². The van der Waals surface area contributed by atoms with E-state index in [4.69, 9.17) is 9.47 Å². The summed E-state index contributed by atoms with van der Waals surface area (Å²) in [4.78, 5) is 17.0. The largest absolute Gasteiger partial charge is 0.493 e. The number of methoxy groups -OCH3 is 1. The highest BCUT2D eigenvalue weighted by atomic mass is 16.5. The van der Waals surface area contributed by atoms with Gasteiger partial charge in [-0.2, -0.15) is 0 Å². The van der Waals surface area contributed by atoms with Gasteiger partial charge in [0.2, 0.25) is 0 Å². The molecule has 0 bridgehead atoms. The van der Waals surface area contributed by atoms with Crippen molar-refractivity contribution in [3.63, 3.8) is 0 Å². The summed E-state index contributed by atoms with van der Waals surface area (Å²) in [5, 5.41) is 2.94. The number of carbonyl (C=O) groups is 1. The number of nitrogens with zero attached hydrogens (tertiary/aromatic N) is 2. The molecule has 6 heteroatoms. The highest BCUT2D eigenvalue weighted by Crippen LogP contribution is 2.28. The fraction of sp³-hybridized carbons (Fsp3) is 0.409. The first-order valence-corrected chi connectivity index (χ1v) is 9.57. The molecule has 6 nitrogen and oxygen atoms in total. The number of hydrogen-bond acceptors (Lipinski definition) is 5. The predicted octanol–water partition coefficient (Wildman–Crippen LogP) is 3.08. The van der Waals surface area contributed by atoms with Crippen LogP contribution in [0.4, 0.5) is 11.4 Å². The Morgan fingerprint density at radius 2 is 1.79 bits per heavy atom. The summed E-state index contributed by atoms with van der Waals surface area (Å²) in [6.07, 6.45) is 0. The summed E-state index contributed by atoms with van der Waals surface area (Å²) >= 11 is 0. The number of amides is 1. The van der Waals surface area contributed by atoms with Gasteiger partial charge in [-0.05, 0) is 62.4 Å². The number of rotatable bonds is 6. The van der Waals surface area contributed by atoms with Crippen LogP contribution in [0, 0.1) is 13.8 Å². The SMILES string of the molecule is COc1cc(C)ccc1OCC(=O)Nc1ccc(N2CCN(C)CC2)cc1C. The second kappa shape index (κ2) is 8.97. The number of benzene rings is 2. The molecule has 3 rings (SSSR count). The number of anilines is 2. The molecule has 2 aromatic rings. The maximum absolute atomic E-state index is 12.3. The van der Waals surface area contributed by atoms with Crippen LogP contribution in [0.25, 0.3) is 0 Å². The lowest BCUT2D eigenvalue weighted by Gasteiger charge is -2.34. The molecule has 0 unspecified atom stereocenters. The molecule has 0 spiro atoms. The van der Waals surface area contributed by atoms with Gasteiger partial charge in [-0.15, -0.1) is 0 Å². The summed E-state index contributed by atoms with van der Waals surface area (Å²) < 4.78 is 10.9. The summed E-state index contributed by atoms with van der Waals surface area (Å²) in [6, 6.07) is 11.8. The zero-order valence-corrected chi connectivity index (χ0v) is 17.1. The highest BCUT2D eigenvalue weighted by Gasteiger charge is 2.15. The molecule has 150 valence electrons. The number of piperazine rings is 1. The Morgan fingerprint density at radius 3 is 2.46 bits per heavy atom. The van der Waals surface area contributed by atoms with Crippen LogP contribution >= 0.6 is 0 Å². The van der Waals surface area contributed by atoms with Gasteiger partial charge in [-0.3, -0.25) is 4.79 Å². The van der Waals surface area contributed by atoms with E-state index in [-0.39, 0.29) is 12.5 Å². The molecule has 0 radical (unpaired) electrons. The summed E-state index contributed by atoms with van der Waals surface area (Å²) in [5.74, 6) is 0.990. The van der Waals surface area contributed by atoms with Crippen molar-refractivity contribution in [3.05, 3.63) is 47.5 Å². The number of hydrogen-bond donors (Lipinski definition) is 1. The van der Waals surface area contributed by atoms with E-state index in [1.54, 1.807) is 7.11 Å². The zero-order valence-electron chi connectivity index (χ0n) is 17.1. The molecule has 1 amide bonds. The molecule has 1 saturated heterocycles. The molecular formula is C22H29N3O3. The van der Waals surface area contributed by atoms with E-state index >= 15 is 0 Å². The van der Waals surface area contributed by atoms with Crippen LogP contribution in [0.15, 0.2) is 36.4 Å². The van der Waals surface area contributed by atoms with Gasteiger partial charge in [0.25, 0.3) is 5.91 Å². The number of ether oxygens (including phenoxy) is 2. The Morgan fingerprint density at radius 1 is 1.04 bits per heavy atom. The van der Waals surface area contributed by atoms with Crippen molar-refractivity contribution in [2.24, 2.45) is 0 Å². The van der Waals surface area contributed by atoms with Crippen molar-refractivity contribution < 1.29 is 14.3 Å². The Labute approximate surface area is 167 Å². The van der Waals surface area contributed by atoms with Gasteiger partial charge in [-0.1, -0.05) is 6.07 Å². The van der Waals surface area contributed by atoms with Gasteiger partial charge in [0.05, 0.1) is 7.11 Å². The smallest absolute Gasteiger partial charge is 0.262 e. The maximum Gasteiger partial charge on any atom is 0.262 e. The topological polar surface area (TPSA) is 54.0 Å². The van der Waals surface area contributed by atoms with E-state index in [0.29, 0.717) is 11.5 Å². The highest BCUT2D eigenvalue weighted by molar-refractivity contribution is 5.93. The van der Waals surface area contributed by atoms with Gasteiger partial charge < -0.3 is 24.6 Å². The van der Waals surface area contributed by atoms with Crippen LogP contribution in [0.2, 0.25) is 0 Å². The monoisotopic (exact) mass is 383 g/mol. The van der Waals surface area contributed by atoms with Crippen molar-refractivity contribution >= 4 is 17.3 Å². The first-order chi connectivity index (χ1) is 13.5. The number of carbonyl (C=O) groups excluding carboxylic acids is 1. The molecule has 0 atom stereocenters. The van der Waals surface area contributed by atoms with Gasteiger partial charge in [-0.25, -0.2) is 0 Å². The number of aryl methyl sites for hydroxylation is 2. The fourth-order valence-corrected chi connectivity index (χ4v) is 3.27. The fourth-order valence-electron chi connectivity index (χ4n) is 3.27. The van der Waals surface area contributed by atoms with Crippen LogP contribution in [-0.2, 0) is 4.79 Å². The lowest BCUT2D eigenvalue weighted by Crippen LogP contribution is -2.44. The normalized spacial score (nSPS) is 14.6. The summed E-state index contributed by atoms with van der Waals surface area (Å²) in [5.41, 5.74) is 4.12. The van der Waals surface area contributed by atoms with Gasteiger partial charge in [0, 0.05) is 37.6 Å². The Kier molecular flexibility index (Phi) is 6.41. The van der Waals surface area contributed by atoms with E-state index in [1.807, 2.05) is 38.1 Å². The molecule has 0 saturated carbocycles. The van der Waals surface area contributed by atoms with E-state index in [9.17, 15) is 4.79 Å². The van der Waals surface area contributed by atoms with Crippen LogP contribution in [-0.4, -0.2) is 57.8 Å². The molecular weight excluding hydrogens is 354 g/mol. The number of nitrogens with one attached hydrogen (secondary N) is 1. The molecule has 1 aliphatic heterocycles. The van der Waals surface area contributed by atoms with Crippen molar-refractivity contribution in [3.8, 4) is 11.5 Å². The second-order valence-corrected chi connectivity index (χ2v) is 7.28. The van der Waals surface area contributed by atoms with Crippen LogP contribution in [0.1, 0.15) is 11.1 Å². The minimum absolute atomic E-state index is 0.0704. The molecule has 1 heterocycles. The van der Waals surface area contributed by atoms with E-state index in [1.165, 1.54) is 5.69 Å². The number of likely N-dealkylation sites (N-methyl/N-ethyl adjacent to an activating group) is 1. The molecule has 2 aromatic carbocycles. The Bertz CT molecular complexity index is 830. The zero-order chi connectivity index (χ0) is 20.1. The molecule has 1 fully saturated rings. The Hall–Kier alpha value is -2.73. The molecule has 28 heavy (non-hydrogen) atoms. The summed E-state index contributed by atoms with van der Waals surface area (Å²) in [6.45, 7) is 8.10. The quantitative estimate of drug-likeness (QED) is 0.831. The van der Waals surface area contributed by atoms with Crippen molar-refractivity contribution in [1.82, 2.24) is 4.90 Å². The van der Waals surface area contributed by atoms with Crippen molar-refractivity contribution in [2.45, 2.75) is 13.8 Å². The third-order valence-corrected chi connectivity index (χ3v) is 5.03. The average molecular weight is 383 g/mol. The van der Waals surface area contributed by atoms with E-state index < -0.39 is 0 Å². The molecule has 0 aromatic heterocycles. The van der Waals surface area contributed by atoms with Gasteiger partial charge in [0.15, 0.2) is 18.1 Å². The van der Waals surface area contributed by atoms with Crippen LogP contribution < -0.4 is 19.7 Å². The minimum atomic E-state index is -0.196. The first-order valence-electron chi connectivity index (χ1n) is 9.57. The second-order valence-electron chi connectivity index (χ2n) is 7.28. The lowest BCUT2D eigenvalue weighted by molar-refractivity contribution is -0.118. The maximum atomic E-state index is 12.3. The van der Waals surface area contributed by atoms with Crippen LogP contribution in [0.5, 0.6) is 11.5 Å². The molecule has 1 aliphatic rings. The third kappa shape index (κ3) is 4.95. The predicted molar refractivity (Wildman–Crippen MR) is 113 cm³/mol. The Balaban J connectivity index is 1.58. The van der Waals surface area contributed by atoms with Crippen molar-refractivity contribution in [1.29, 1.82) is 0 Å². The molecule has 0 aliphatic carbocycles. The average Bonchev–Trinajstić information content (AvgIpc) is 2.69.